The first-order chi connectivity index (χ1) is 13.8. The van der Waals surface area contributed by atoms with Gasteiger partial charge in [0.05, 0.1) is 5.56 Å². The molecule has 0 aliphatic carbocycles. The average Bonchev–Trinajstić information content (AvgIpc) is 2.69. The average molecular weight is 417 g/mol. The maximum atomic E-state index is 12.5. The van der Waals surface area contributed by atoms with Crippen molar-refractivity contribution in [2.75, 3.05) is 32.8 Å². The van der Waals surface area contributed by atoms with Gasteiger partial charge in [-0.15, -0.1) is 0 Å². The molecule has 29 heavy (non-hydrogen) atoms. The van der Waals surface area contributed by atoms with Crippen LogP contribution in [0.2, 0.25) is 5.02 Å². The SMILES string of the molecule is Cc1cc(C(=O)O)cc(C)c1OCC(=O)N1CCN(Cc2ccc(Cl)cc2)CC1. The molecule has 154 valence electrons. The van der Waals surface area contributed by atoms with Crippen LogP contribution in [0.1, 0.15) is 27.0 Å². The third-order valence-electron chi connectivity index (χ3n) is 5.09. The van der Waals surface area contributed by atoms with E-state index in [1.165, 1.54) is 5.56 Å². The molecule has 0 spiro atoms. The molecule has 1 heterocycles. The van der Waals surface area contributed by atoms with Crippen LogP contribution in [-0.2, 0) is 11.3 Å². The third kappa shape index (κ3) is 5.49. The molecule has 0 aromatic heterocycles. The van der Waals surface area contributed by atoms with Crippen molar-refractivity contribution in [2.24, 2.45) is 0 Å². The maximum absolute atomic E-state index is 12.5. The van der Waals surface area contributed by atoms with Crippen molar-refractivity contribution in [3.63, 3.8) is 0 Å². The number of carboxylic acid groups (broad SMARTS) is 1. The van der Waals surface area contributed by atoms with Crippen LogP contribution in [0.3, 0.4) is 0 Å². The second-order valence-corrected chi connectivity index (χ2v) is 7.75. The van der Waals surface area contributed by atoms with Crippen molar-refractivity contribution in [3.8, 4) is 5.75 Å². The molecule has 1 saturated heterocycles. The fraction of sp³-hybridized carbons (Fsp3) is 0.364. The molecular formula is C22H25ClN2O4. The van der Waals surface area contributed by atoms with Gasteiger partial charge in [-0.25, -0.2) is 4.79 Å². The molecule has 6 nitrogen and oxygen atoms in total. The smallest absolute Gasteiger partial charge is 0.335 e. The Morgan fingerprint density at radius 2 is 1.62 bits per heavy atom. The first kappa shape index (κ1) is 21.1. The number of halogens is 1. The van der Waals surface area contributed by atoms with Gasteiger partial charge in [-0.05, 0) is 54.8 Å². The van der Waals surface area contributed by atoms with Crippen LogP contribution in [0, 0.1) is 13.8 Å². The fourth-order valence-electron chi connectivity index (χ4n) is 3.53. The lowest BCUT2D eigenvalue weighted by atomic mass is 10.1. The molecule has 0 atom stereocenters. The van der Waals surface area contributed by atoms with E-state index < -0.39 is 5.97 Å². The summed E-state index contributed by atoms with van der Waals surface area (Å²) in [4.78, 5) is 27.8. The van der Waals surface area contributed by atoms with Crippen LogP contribution in [0.5, 0.6) is 5.75 Å². The lowest BCUT2D eigenvalue weighted by Crippen LogP contribution is -2.49. The molecule has 0 radical (unpaired) electrons. The lowest BCUT2D eigenvalue weighted by Gasteiger charge is -2.34. The number of carbonyl (C=O) groups is 2. The number of carbonyl (C=O) groups excluding carboxylic acids is 1. The number of benzene rings is 2. The number of hydrogen-bond acceptors (Lipinski definition) is 4. The summed E-state index contributed by atoms with van der Waals surface area (Å²) in [7, 11) is 0. The van der Waals surface area contributed by atoms with Gasteiger partial charge < -0.3 is 14.7 Å². The summed E-state index contributed by atoms with van der Waals surface area (Å²) in [5.74, 6) is -0.461. The molecule has 7 heteroatoms. The van der Waals surface area contributed by atoms with E-state index in [0.717, 1.165) is 24.7 Å². The Kier molecular flexibility index (Phi) is 6.77. The molecule has 0 unspecified atom stereocenters. The third-order valence-corrected chi connectivity index (χ3v) is 5.34. The monoisotopic (exact) mass is 416 g/mol. The van der Waals surface area contributed by atoms with Gasteiger partial charge in [0, 0.05) is 37.7 Å². The Hall–Kier alpha value is -2.57. The minimum atomic E-state index is -0.977. The number of ether oxygens (including phenoxy) is 1. The number of carboxylic acids is 1. The molecular weight excluding hydrogens is 392 g/mol. The van der Waals surface area contributed by atoms with Crippen molar-refractivity contribution >= 4 is 23.5 Å². The van der Waals surface area contributed by atoms with E-state index in [2.05, 4.69) is 4.90 Å². The highest BCUT2D eigenvalue weighted by Crippen LogP contribution is 2.25. The van der Waals surface area contributed by atoms with E-state index in [0.29, 0.717) is 30.0 Å². The van der Waals surface area contributed by atoms with E-state index >= 15 is 0 Å². The van der Waals surface area contributed by atoms with Crippen LogP contribution in [-0.4, -0.2) is 59.6 Å². The number of amides is 1. The van der Waals surface area contributed by atoms with E-state index in [-0.39, 0.29) is 18.1 Å². The highest BCUT2D eigenvalue weighted by molar-refractivity contribution is 6.30. The number of aromatic carboxylic acids is 1. The lowest BCUT2D eigenvalue weighted by molar-refractivity contribution is -0.135. The van der Waals surface area contributed by atoms with Crippen molar-refractivity contribution in [1.29, 1.82) is 0 Å². The molecule has 1 N–H and O–H groups in total. The summed E-state index contributed by atoms with van der Waals surface area (Å²) >= 11 is 5.93. The van der Waals surface area contributed by atoms with Crippen molar-refractivity contribution in [1.82, 2.24) is 9.80 Å². The van der Waals surface area contributed by atoms with E-state index in [1.54, 1.807) is 26.0 Å². The van der Waals surface area contributed by atoms with Gasteiger partial charge >= 0.3 is 5.97 Å². The van der Waals surface area contributed by atoms with Gasteiger partial charge in [0.2, 0.25) is 0 Å². The van der Waals surface area contributed by atoms with Crippen LogP contribution in [0.15, 0.2) is 36.4 Å². The maximum Gasteiger partial charge on any atom is 0.335 e. The van der Waals surface area contributed by atoms with Gasteiger partial charge in [-0.2, -0.15) is 0 Å². The zero-order chi connectivity index (χ0) is 21.0. The molecule has 0 saturated carbocycles. The second kappa shape index (κ2) is 9.29. The minimum Gasteiger partial charge on any atom is -0.483 e. The number of nitrogens with zero attached hydrogens (tertiary/aromatic N) is 2. The molecule has 2 aromatic carbocycles. The highest BCUT2D eigenvalue weighted by atomic mass is 35.5. The van der Waals surface area contributed by atoms with Crippen LogP contribution in [0.25, 0.3) is 0 Å². The van der Waals surface area contributed by atoms with Crippen molar-refractivity contribution in [2.45, 2.75) is 20.4 Å². The fourth-order valence-corrected chi connectivity index (χ4v) is 3.66. The quantitative estimate of drug-likeness (QED) is 0.781. The Bertz CT molecular complexity index is 867. The highest BCUT2D eigenvalue weighted by Gasteiger charge is 2.22. The normalized spacial score (nSPS) is 14.7. The van der Waals surface area contributed by atoms with Gasteiger partial charge in [0.15, 0.2) is 6.61 Å². The first-order valence-electron chi connectivity index (χ1n) is 9.55. The predicted molar refractivity (Wildman–Crippen MR) is 112 cm³/mol. The van der Waals surface area contributed by atoms with Gasteiger partial charge in [-0.1, -0.05) is 23.7 Å². The van der Waals surface area contributed by atoms with Gasteiger partial charge in [-0.3, -0.25) is 9.69 Å². The summed E-state index contributed by atoms with van der Waals surface area (Å²) < 4.78 is 5.74. The number of hydrogen-bond donors (Lipinski definition) is 1. The predicted octanol–water partition coefficient (Wildman–Crippen LogP) is 3.38. The Labute approximate surface area is 175 Å². The summed E-state index contributed by atoms with van der Waals surface area (Å²) in [5, 5.41) is 9.86. The van der Waals surface area contributed by atoms with Gasteiger partial charge in [0.1, 0.15) is 5.75 Å². The van der Waals surface area contributed by atoms with Gasteiger partial charge in [0.25, 0.3) is 5.91 Å². The standard InChI is InChI=1S/C22H25ClN2O4/c1-15-11-18(22(27)28)12-16(2)21(15)29-14-20(26)25-9-7-24(8-10-25)13-17-3-5-19(23)6-4-17/h3-6,11-12H,7-10,13-14H2,1-2H3,(H,27,28). The molecule has 3 rings (SSSR count). The summed E-state index contributed by atoms with van der Waals surface area (Å²) in [6.07, 6.45) is 0. The number of piperazine rings is 1. The minimum absolute atomic E-state index is 0.0503. The summed E-state index contributed by atoms with van der Waals surface area (Å²) in [6.45, 7) is 7.29. The molecule has 1 fully saturated rings. The topological polar surface area (TPSA) is 70.1 Å². The first-order valence-corrected chi connectivity index (χ1v) is 9.93. The van der Waals surface area contributed by atoms with Crippen molar-refractivity contribution in [3.05, 3.63) is 63.7 Å². The molecule has 1 aliphatic rings. The zero-order valence-corrected chi connectivity index (χ0v) is 17.4. The Balaban J connectivity index is 1.50. The Morgan fingerprint density at radius 3 is 2.17 bits per heavy atom. The Morgan fingerprint density at radius 1 is 1.03 bits per heavy atom. The van der Waals surface area contributed by atoms with E-state index in [1.807, 2.05) is 29.2 Å². The van der Waals surface area contributed by atoms with Crippen LogP contribution < -0.4 is 4.74 Å². The molecule has 1 aliphatic heterocycles. The van der Waals surface area contributed by atoms with E-state index in [4.69, 9.17) is 21.4 Å². The van der Waals surface area contributed by atoms with E-state index in [9.17, 15) is 9.59 Å². The number of aryl methyl sites for hydroxylation is 2. The van der Waals surface area contributed by atoms with Crippen LogP contribution in [0.4, 0.5) is 0 Å². The summed E-state index contributed by atoms with van der Waals surface area (Å²) in [5.41, 5.74) is 2.84. The molecule has 2 aromatic rings. The second-order valence-electron chi connectivity index (χ2n) is 7.32. The summed E-state index contributed by atoms with van der Waals surface area (Å²) in [6, 6.07) is 10.9. The largest absolute Gasteiger partial charge is 0.483 e. The number of rotatable bonds is 6. The molecule has 0 bridgehead atoms. The van der Waals surface area contributed by atoms with Crippen LogP contribution >= 0.6 is 11.6 Å². The molecule has 1 amide bonds. The van der Waals surface area contributed by atoms with Crippen molar-refractivity contribution < 1.29 is 19.4 Å². The zero-order valence-electron chi connectivity index (χ0n) is 16.7.